The van der Waals surface area contributed by atoms with Crippen LogP contribution in [-0.2, 0) is 16.0 Å². The maximum Gasteiger partial charge on any atom is 0.246 e. The zero-order valence-corrected chi connectivity index (χ0v) is 14.8. The zero-order chi connectivity index (χ0) is 17.6. The van der Waals surface area contributed by atoms with Crippen LogP contribution < -0.4 is 0 Å². The summed E-state index contributed by atoms with van der Waals surface area (Å²) < 4.78 is 5.68. The molecule has 0 spiro atoms. The topological polar surface area (TPSA) is 58.2 Å². The molecule has 1 N–H and O–H groups in total. The molecule has 0 radical (unpaired) electrons. The van der Waals surface area contributed by atoms with Crippen molar-refractivity contribution in [2.24, 2.45) is 5.92 Å². The van der Waals surface area contributed by atoms with Crippen LogP contribution in [0, 0.1) is 12.8 Å². The Kier molecular flexibility index (Phi) is 5.66. The molecular weight excluding hydrogens is 314 g/mol. The predicted molar refractivity (Wildman–Crippen MR) is 98.0 cm³/mol. The quantitative estimate of drug-likeness (QED) is 0.852. The maximum atomic E-state index is 12.5. The number of amides is 1. The second-order valence-electron chi connectivity index (χ2n) is 6.64. The molecule has 0 aliphatic carbocycles. The average molecular weight is 339 g/mol. The Morgan fingerprint density at radius 1 is 1.40 bits per heavy atom. The lowest BCUT2D eigenvalue weighted by Crippen LogP contribution is -2.46. The van der Waals surface area contributed by atoms with Gasteiger partial charge in [-0.05, 0) is 31.4 Å². The molecule has 1 aliphatic rings. The van der Waals surface area contributed by atoms with E-state index in [1.165, 1.54) is 11.1 Å². The molecule has 0 unspecified atom stereocenters. The van der Waals surface area contributed by atoms with E-state index in [1.54, 1.807) is 31.8 Å². The minimum atomic E-state index is 0.0399. The Morgan fingerprint density at radius 3 is 2.88 bits per heavy atom. The number of nitrogens with zero attached hydrogens (tertiary/aromatic N) is 2. The number of methoxy groups -OCH3 is 1. The van der Waals surface area contributed by atoms with Gasteiger partial charge in [-0.15, -0.1) is 0 Å². The molecule has 5 nitrogen and oxygen atoms in total. The molecule has 2 atom stereocenters. The van der Waals surface area contributed by atoms with Crippen LogP contribution in [0.1, 0.15) is 23.2 Å². The molecule has 0 bridgehead atoms. The third kappa shape index (κ3) is 4.57. The molecule has 1 fully saturated rings. The van der Waals surface area contributed by atoms with Crippen molar-refractivity contribution in [2.45, 2.75) is 25.9 Å². The van der Waals surface area contributed by atoms with Crippen molar-refractivity contribution in [2.75, 3.05) is 20.2 Å². The van der Waals surface area contributed by atoms with Crippen molar-refractivity contribution in [3.8, 4) is 0 Å². The van der Waals surface area contributed by atoms with Gasteiger partial charge in [0.05, 0.1) is 24.3 Å². The lowest BCUT2D eigenvalue weighted by Gasteiger charge is -2.37. The molecule has 25 heavy (non-hydrogen) atoms. The minimum Gasteiger partial charge on any atom is -0.381 e. The summed E-state index contributed by atoms with van der Waals surface area (Å²) >= 11 is 0. The summed E-state index contributed by atoms with van der Waals surface area (Å²) in [5.74, 6) is 0.351. The van der Waals surface area contributed by atoms with E-state index in [1.807, 2.05) is 4.90 Å². The first-order valence-corrected chi connectivity index (χ1v) is 8.69. The summed E-state index contributed by atoms with van der Waals surface area (Å²) in [6.07, 6.45) is 8.68. The Balaban J connectivity index is 1.65. The van der Waals surface area contributed by atoms with E-state index in [2.05, 4.69) is 41.2 Å². The highest BCUT2D eigenvalue weighted by Gasteiger charge is 2.30. The van der Waals surface area contributed by atoms with E-state index in [0.29, 0.717) is 5.92 Å². The lowest BCUT2D eigenvalue weighted by atomic mass is 9.88. The summed E-state index contributed by atoms with van der Waals surface area (Å²) in [6.45, 7) is 3.54. The summed E-state index contributed by atoms with van der Waals surface area (Å²) in [4.78, 5) is 21.3. The first kappa shape index (κ1) is 17.4. The summed E-state index contributed by atoms with van der Waals surface area (Å²) in [6, 6.07) is 8.61. The molecular formula is C20H25N3O2. The number of hydrogen-bond acceptors (Lipinski definition) is 3. The number of carbonyl (C=O) groups excluding carboxylic acids is 1. The van der Waals surface area contributed by atoms with Gasteiger partial charge in [0.2, 0.25) is 5.91 Å². The number of H-pyrrole nitrogens is 1. The van der Waals surface area contributed by atoms with Crippen LogP contribution in [-0.4, -0.2) is 47.1 Å². The average Bonchev–Trinajstić information content (AvgIpc) is 3.15. The fourth-order valence-corrected chi connectivity index (χ4v) is 3.37. The summed E-state index contributed by atoms with van der Waals surface area (Å²) in [5.41, 5.74) is 3.38. The largest absolute Gasteiger partial charge is 0.381 e. The molecule has 2 aromatic rings. The number of piperidine rings is 1. The molecule has 1 saturated heterocycles. The fraction of sp³-hybridized carbons (Fsp3) is 0.400. The van der Waals surface area contributed by atoms with Crippen LogP contribution in [0.2, 0.25) is 0 Å². The molecule has 3 rings (SSSR count). The number of carbonyl (C=O) groups is 1. The van der Waals surface area contributed by atoms with Gasteiger partial charge in [0.25, 0.3) is 0 Å². The Labute approximate surface area is 148 Å². The van der Waals surface area contributed by atoms with Crippen LogP contribution in [0.4, 0.5) is 0 Å². The first-order chi connectivity index (χ1) is 12.2. The number of ether oxygens (including phenoxy) is 1. The van der Waals surface area contributed by atoms with Gasteiger partial charge in [0, 0.05) is 32.2 Å². The second kappa shape index (κ2) is 8.12. The van der Waals surface area contributed by atoms with E-state index in [4.69, 9.17) is 4.74 Å². The van der Waals surface area contributed by atoms with Gasteiger partial charge < -0.3 is 14.6 Å². The van der Waals surface area contributed by atoms with Crippen molar-refractivity contribution in [1.29, 1.82) is 0 Å². The van der Waals surface area contributed by atoms with Crippen molar-refractivity contribution >= 4 is 12.0 Å². The minimum absolute atomic E-state index is 0.0399. The summed E-state index contributed by atoms with van der Waals surface area (Å²) in [7, 11) is 1.77. The number of benzene rings is 1. The number of likely N-dealkylation sites (tertiary alicyclic amines) is 1. The molecule has 1 amide bonds. The smallest absolute Gasteiger partial charge is 0.246 e. The standard InChI is InChI=1S/C20H25N3O2/c1-15-3-5-16(6-4-15)11-17-13-23(10-9-19(17)25-2)20(24)8-7-18-12-21-14-22-18/h3-8,12,14,17,19H,9-11,13H2,1-2H3,(H,21,22)/t17-,19-/m1/s1. The van der Waals surface area contributed by atoms with Gasteiger partial charge in [-0.25, -0.2) is 4.98 Å². The lowest BCUT2D eigenvalue weighted by molar-refractivity contribution is -0.130. The Morgan fingerprint density at radius 2 is 2.20 bits per heavy atom. The monoisotopic (exact) mass is 339 g/mol. The zero-order valence-electron chi connectivity index (χ0n) is 14.8. The van der Waals surface area contributed by atoms with Crippen LogP contribution in [0.5, 0.6) is 0 Å². The van der Waals surface area contributed by atoms with Gasteiger partial charge >= 0.3 is 0 Å². The van der Waals surface area contributed by atoms with Crippen LogP contribution in [0.25, 0.3) is 6.08 Å². The number of rotatable bonds is 5. The molecule has 1 aromatic heterocycles. The SMILES string of the molecule is CO[C@@H]1CCN(C(=O)C=Cc2cnc[nH]2)C[C@H]1Cc1ccc(C)cc1. The Hall–Kier alpha value is -2.40. The van der Waals surface area contributed by atoms with Crippen molar-refractivity contribution in [3.63, 3.8) is 0 Å². The fourth-order valence-electron chi connectivity index (χ4n) is 3.37. The van der Waals surface area contributed by atoms with Gasteiger partial charge in [0.1, 0.15) is 0 Å². The van der Waals surface area contributed by atoms with Gasteiger partial charge in [-0.3, -0.25) is 4.79 Å². The number of aromatic amines is 1. The molecule has 0 saturated carbocycles. The van der Waals surface area contributed by atoms with Crippen molar-refractivity contribution in [1.82, 2.24) is 14.9 Å². The highest BCUT2D eigenvalue weighted by atomic mass is 16.5. The van der Waals surface area contributed by atoms with E-state index in [0.717, 1.165) is 31.6 Å². The van der Waals surface area contributed by atoms with Gasteiger partial charge in [-0.2, -0.15) is 0 Å². The third-order valence-electron chi connectivity index (χ3n) is 4.82. The number of imidazole rings is 1. The normalized spacial score (nSPS) is 21.0. The molecule has 132 valence electrons. The number of hydrogen-bond donors (Lipinski definition) is 1. The molecule has 2 heterocycles. The van der Waals surface area contributed by atoms with E-state index < -0.39 is 0 Å². The van der Waals surface area contributed by atoms with Crippen molar-refractivity contribution < 1.29 is 9.53 Å². The highest BCUT2D eigenvalue weighted by Crippen LogP contribution is 2.24. The van der Waals surface area contributed by atoms with Crippen LogP contribution >= 0.6 is 0 Å². The molecule has 1 aliphatic heterocycles. The van der Waals surface area contributed by atoms with Gasteiger partial charge in [0.15, 0.2) is 0 Å². The molecule has 5 heteroatoms. The van der Waals surface area contributed by atoms with E-state index in [9.17, 15) is 4.79 Å². The van der Waals surface area contributed by atoms with Crippen molar-refractivity contribution in [3.05, 3.63) is 59.7 Å². The van der Waals surface area contributed by atoms with Crippen LogP contribution in [0.3, 0.4) is 0 Å². The Bertz CT molecular complexity index is 707. The van der Waals surface area contributed by atoms with E-state index >= 15 is 0 Å². The number of aromatic nitrogens is 2. The first-order valence-electron chi connectivity index (χ1n) is 8.69. The third-order valence-corrected chi connectivity index (χ3v) is 4.82. The summed E-state index contributed by atoms with van der Waals surface area (Å²) in [5, 5.41) is 0. The van der Waals surface area contributed by atoms with Gasteiger partial charge in [-0.1, -0.05) is 29.8 Å². The predicted octanol–water partition coefficient (Wildman–Crippen LogP) is 2.84. The molecule has 1 aromatic carbocycles. The van der Waals surface area contributed by atoms with Crippen LogP contribution in [0.15, 0.2) is 42.9 Å². The second-order valence-corrected chi connectivity index (χ2v) is 6.64. The number of nitrogens with one attached hydrogen (secondary N) is 1. The maximum absolute atomic E-state index is 12.5. The number of aryl methyl sites for hydroxylation is 1. The highest BCUT2D eigenvalue weighted by molar-refractivity contribution is 5.91. The van der Waals surface area contributed by atoms with E-state index in [-0.39, 0.29) is 12.0 Å².